The van der Waals surface area contributed by atoms with Gasteiger partial charge in [-0.3, -0.25) is 4.79 Å². The molecule has 0 aromatic heterocycles. The highest BCUT2D eigenvalue weighted by molar-refractivity contribution is 14.1. The summed E-state index contributed by atoms with van der Waals surface area (Å²) in [6.45, 7) is 0. The zero-order valence-corrected chi connectivity index (χ0v) is 10.5. The van der Waals surface area contributed by atoms with Gasteiger partial charge >= 0.3 is 0 Å². The molecule has 0 bridgehead atoms. The van der Waals surface area contributed by atoms with E-state index in [0.29, 0.717) is 11.8 Å². The van der Waals surface area contributed by atoms with Crippen molar-refractivity contribution in [1.82, 2.24) is 0 Å². The molecule has 1 N–H and O–H groups in total. The fraction of sp³-hybridized carbons (Fsp3) is 0.222. The molecule has 4 heteroatoms. The van der Waals surface area contributed by atoms with Crippen LogP contribution in [0.2, 0.25) is 0 Å². The molecule has 0 spiro atoms. The summed E-state index contributed by atoms with van der Waals surface area (Å²) in [5.74, 6) is 0.321. The molecular formula is C9H8BrIO2. The molecule has 2 nitrogen and oxygen atoms in total. The fourth-order valence-corrected chi connectivity index (χ4v) is 1.68. The molecule has 0 atom stereocenters. The molecule has 1 aromatic carbocycles. The lowest BCUT2D eigenvalue weighted by atomic mass is 10.1. The summed E-state index contributed by atoms with van der Waals surface area (Å²) in [5.41, 5.74) is 0.880. The number of ketones is 1. The Hall–Kier alpha value is -0.100. The molecule has 70 valence electrons. The molecule has 0 fully saturated rings. The predicted molar refractivity (Wildman–Crippen MR) is 63.3 cm³/mol. The van der Waals surface area contributed by atoms with Gasteiger partial charge in [0.15, 0.2) is 0 Å². The van der Waals surface area contributed by atoms with Crippen LogP contribution in [0, 0.1) is 3.57 Å². The summed E-state index contributed by atoms with van der Waals surface area (Å²) in [4.78, 5) is 11.1. The van der Waals surface area contributed by atoms with Crippen molar-refractivity contribution in [1.29, 1.82) is 0 Å². The zero-order valence-electron chi connectivity index (χ0n) is 6.76. The van der Waals surface area contributed by atoms with E-state index >= 15 is 0 Å². The second-order valence-corrected chi connectivity index (χ2v) is 4.35. The third kappa shape index (κ3) is 3.27. The molecule has 0 amide bonds. The summed E-state index contributed by atoms with van der Waals surface area (Å²) < 4.78 is 1.00. The summed E-state index contributed by atoms with van der Waals surface area (Å²) in [7, 11) is 0. The van der Waals surface area contributed by atoms with Crippen molar-refractivity contribution in [3.8, 4) is 5.75 Å². The largest absolute Gasteiger partial charge is 0.508 e. The number of halogens is 2. The third-order valence-corrected chi connectivity index (χ3v) is 3.24. The van der Waals surface area contributed by atoms with Crippen LogP contribution in [0.25, 0.3) is 0 Å². The standard InChI is InChI=1S/C9H8BrIO2/c10-5-8(13)4-6-3-7(12)1-2-9(6)11/h1-3,12H,4-5H2. The molecule has 0 saturated carbocycles. The van der Waals surface area contributed by atoms with E-state index in [1.807, 2.05) is 0 Å². The number of phenolic OH excluding ortho intramolecular Hbond substituents is 1. The van der Waals surface area contributed by atoms with Crippen LogP contribution in [0.4, 0.5) is 0 Å². The van der Waals surface area contributed by atoms with Crippen LogP contribution in [-0.4, -0.2) is 16.2 Å². The monoisotopic (exact) mass is 354 g/mol. The van der Waals surface area contributed by atoms with Crippen molar-refractivity contribution in [2.24, 2.45) is 0 Å². The first-order chi connectivity index (χ1) is 6.13. The van der Waals surface area contributed by atoms with Gasteiger partial charge in [-0.25, -0.2) is 0 Å². The highest BCUT2D eigenvalue weighted by atomic mass is 127. The van der Waals surface area contributed by atoms with Crippen molar-refractivity contribution in [2.75, 3.05) is 5.33 Å². The van der Waals surface area contributed by atoms with Gasteiger partial charge in [0.25, 0.3) is 0 Å². The number of carbonyl (C=O) groups is 1. The van der Waals surface area contributed by atoms with Gasteiger partial charge < -0.3 is 5.11 Å². The summed E-state index contributed by atoms with van der Waals surface area (Å²) in [5, 5.41) is 9.56. The lowest BCUT2D eigenvalue weighted by Crippen LogP contribution is -2.04. The van der Waals surface area contributed by atoms with Crippen LogP contribution in [0.1, 0.15) is 5.56 Å². The first-order valence-corrected chi connectivity index (χ1v) is 5.88. The normalized spacial score (nSPS) is 10.0. The van der Waals surface area contributed by atoms with Gasteiger partial charge in [-0.15, -0.1) is 0 Å². The highest BCUT2D eigenvalue weighted by Gasteiger charge is 2.06. The summed E-state index contributed by atoms with van der Waals surface area (Å²) in [6.07, 6.45) is 0.373. The Balaban J connectivity index is 2.87. The molecule has 0 aliphatic rings. The Kier molecular flexibility index (Phi) is 4.18. The average molecular weight is 355 g/mol. The van der Waals surface area contributed by atoms with Gasteiger partial charge in [0.1, 0.15) is 11.5 Å². The van der Waals surface area contributed by atoms with E-state index in [-0.39, 0.29) is 11.5 Å². The van der Waals surface area contributed by atoms with Crippen molar-refractivity contribution in [3.05, 3.63) is 27.3 Å². The number of alkyl halides is 1. The number of hydrogen-bond donors (Lipinski definition) is 1. The lowest BCUT2D eigenvalue weighted by Gasteiger charge is -2.02. The molecule has 1 aromatic rings. The average Bonchev–Trinajstić information content (AvgIpc) is 2.11. The molecule has 1 rings (SSSR count). The Labute approximate surface area is 98.6 Å². The van der Waals surface area contributed by atoms with E-state index in [2.05, 4.69) is 38.5 Å². The molecule has 0 radical (unpaired) electrons. The predicted octanol–water partition coefficient (Wildman–Crippen LogP) is 2.50. The quantitative estimate of drug-likeness (QED) is 0.669. The Morgan fingerprint density at radius 3 is 2.85 bits per heavy atom. The van der Waals surface area contributed by atoms with E-state index in [1.54, 1.807) is 18.2 Å². The maximum atomic E-state index is 11.1. The number of hydrogen-bond acceptors (Lipinski definition) is 2. The van der Waals surface area contributed by atoms with Crippen molar-refractivity contribution in [2.45, 2.75) is 6.42 Å². The second kappa shape index (κ2) is 4.95. The maximum absolute atomic E-state index is 11.1. The van der Waals surface area contributed by atoms with E-state index in [1.165, 1.54) is 0 Å². The SMILES string of the molecule is O=C(CBr)Cc1cc(O)ccc1I. The second-order valence-electron chi connectivity index (χ2n) is 2.62. The first-order valence-electron chi connectivity index (χ1n) is 3.68. The van der Waals surface area contributed by atoms with Gasteiger partial charge in [-0.2, -0.15) is 0 Å². The lowest BCUT2D eigenvalue weighted by molar-refractivity contribution is -0.115. The van der Waals surface area contributed by atoms with Crippen molar-refractivity contribution in [3.63, 3.8) is 0 Å². The first kappa shape index (κ1) is 11.0. The summed E-state index contributed by atoms with van der Waals surface area (Å²) >= 11 is 5.25. The topological polar surface area (TPSA) is 37.3 Å². The van der Waals surface area contributed by atoms with Crippen LogP contribution in [-0.2, 0) is 11.2 Å². The molecule has 0 aliphatic carbocycles. The summed E-state index contributed by atoms with van der Waals surface area (Å²) in [6, 6.07) is 5.04. The highest BCUT2D eigenvalue weighted by Crippen LogP contribution is 2.19. The molecule has 13 heavy (non-hydrogen) atoms. The van der Waals surface area contributed by atoms with Gasteiger partial charge in [-0.05, 0) is 46.4 Å². The minimum Gasteiger partial charge on any atom is -0.508 e. The molecule has 0 saturated heterocycles. The number of rotatable bonds is 3. The fourth-order valence-electron chi connectivity index (χ4n) is 0.956. The Bertz CT molecular complexity index is 325. The number of aromatic hydroxyl groups is 1. The third-order valence-electron chi connectivity index (χ3n) is 1.57. The van der Waals surface area contributed by atoms with Crippen LogP contribution in [0.15, 0.2) is 18.2 Å². The van der Waals surface area contributed by atoms with E-state index in [9.17, 15) is 9.90 Å². The smallest absolute Gasteiger partial charge is 0.147 e. The maximum Gasteiger partial charge on any atom is 0.147 e. The van der Waals surface area contributed by atoms with E-state index in [0.717, 1.165) is 9.13 Å². The molecule has 0 heterocycles. The number of phenols is 1. The van der Waals surface area contributed by atoms with Crippen LogP contribution < -0.4 is 0 Å². The zero-order chi connectivity index (χ0) is 9.84. The van der Waals surface area contributed by atoms with Crippen molar-refractivity contribution < 1.29 is 9.90 Å². The van der Waals surface area contributed by atoms with Crippen LogP contribution in [0.3, 0.4) is 0 Å². The minimum atomic E-state index is 0.114. The van der Waals surface area contributed by atoms with Gasteiger partial charge in [0.2, 0.25) is 0 Å². The molecule has 0 unspecified atom stereocenters. The van der Waals surface area contributed by atoms with Crippen LogP contribution >= 0.6 is 38.5 Å². The Morgan fingerprint density at radius 1 is 1.54 bits per heavy atom. The number of benzene rings is 1. The Morgan fingerprint density at radius 2 is 2.23 bits per heavy atom. The molecule has 0 aliphatic heterocycles. The van der Waals surface area contributed by atoms with E-state index in [4.69, 9.17) is 0 Å². The van der Waals surface area contributed by atoms with Gasteiger partial charge in [0.05, 0.1) is 5.33 Å². The number of Topliss-reactive ketones (excluding diaryl/α,β-unsaturated/α-hetero) is 1. The van der Waals surface area contributed by atoms with Gasteiger partial charge in [-0.1, -0.05) is 15.9 Å². The van der Waals surface area contributed by atoms with Crippen LogP contribution in [0.5, 0.6) is 5.75 Å². The number of carbonyl (C=O) groups excluding carboxylic acids is 1. The van der Waals surface area contributed by atoms with E-state index < -0.39 is 0 Å². The van der Waals surface area contributed by atoms with Crippen molar-refractivity contribution >= 4 is 44.3 Å². The molecular weight excluding hydrogens is 347 g/mol. The minimum absolute atomic E-state index is 0.114. The van der Waals surface area contributed by atoms with Gasteiger partial charge in [0, 0.05) is 9.99 Å².